The van der Waals surface area contributed by atoms with Gasteiger partial charge in [-0.05, 0) is 19.4 Å². The number of amides is 1. The molecule has 0 fully saturated rings. The van der Waals surface area contributed by atoms with Crippen LogP contribution in [0.1, 0.15) is 33.8 Å². The van der Waals surface area contributed by atoms with Gasteiger partial charge in [0.2, 0.25) is 5.91 Å². The first kappa shape index (κ1) is 15.2. The summed E-state index contributed by atoms with van der Waals surface area (Å²) in [5.41, 5.74) is 1.48. The Balaban J connectivity index is 2.11. The number of nitrogens with zero attached hydrogens (tertiary/aromatic N) is 1. The molecule has 0 bridgehead atoms. The van der Waals surface area contributed by atoms with E-state index in [-0.39, 0.29) is 11.8 Å². The summed E-state index contributed by atoms with van der Waals surface area (Å²) >= 11 is 1.12. The van der Waals surface area contributed by atoms with Crippen LogP contribution in [0.15, 0.2) is 30.3 Å². The lowest BCUT2D eigenvalue weighted by molar-refractivity contribution is -0.117. The zero-order valence-electron chi connectivity index (χ0n) is 12.0. The SMILES string of the molecule is COC(=O)c1sc(NC(=O)[C@H](C)c2ccccc2)nc1C. The number of anilines is 1. The molecule has 6 heteroatoms. The van der Waals surface area contributed by atoms with Crippen molar-refractivity contribution in [1.29, 1.82) is 0 Å². The van der Waals surface area contributed by atoms with E-state index in [4.69, 9.17) is 0 Å². The van der Waals surface area contributed by atoms with Crippen LogP contribution in [0.4, 0.5) is 5.13 Å². The van der Waals surface area contributed by atoms with Crippen LogP contribution in [-0.4, -0.2) is 24.0 Å². The minimum atomic E-state index is -0.443. The molecule has 1 heterocycles. The molecule has 1 N–H and O–H groups in total. The Morgan fingerprint density at radius 2 is 1.95 bits per heavy atom. The molecule has 0 saturated carbocycles. The molecule has 1 aromatic carbocycles. The fraction of sp³-hybridized carbons (Fsp3) is 0.267. The minimum absolute atomic E-state index is 0.161. The first-order valence-corrected chi connectivity index (χ1v) is 7.26. The number of hydrogen-bond acceptors (Lipinski definition) is 5. The van der Waals surface area contributed by atoms with Crippen LogP contribution in [0, 0.1) is 6.92 Å². The van der Waals surface area contributed by atoms with E-state index < -0.39 is 5.97 Å². The molecule has 1 aromatic heterocycles. The second kappa shape index (κ2) is 6.49. The van der Waals surface area contributed by atoms with Gasteiger partial charge in [0, 0.05) is 0 Å². The first-order chi connectivity index (χ1) is 10.0. The third kappa shape index (κ3) is 3.46. The number of carbonyl (C=O) groups is 2. The van der Waals surface area contributed by atoms with Gasteiger partial charge in [0.25, 0.3) is 0 Å². The standard InChI is InChI=1S/C15H16N2O3S/c1-9(11-7-5-4-6-8-11)13(18)17-15-16-10(2)12(21-15)14(19)20-3/h4-9H,1-3H3,(H,16,17,18)/t9-/m1/s1. The molecule has 5 nitrogen and oxygen atoms in total. The van der Waals surface area contributed by atoms with Crippen molar-refractivity contribution in [3.63, 3.8) is 0 Å². The lowest BCUT2D eigenvalue weighted by atomic mass is 10.0. The molecule has 0 unspecified atom stereocenters. The second-order valence-electron chi connectivity index (χ2n) is 4.55. The number of aryl methyl sites for hydroxylation is 1. The van der Waals surface area contributed by atoms with Gasteiger partial charge in [0.15, 0.2) is 5.13 Å². The molecule has 0 saturated heterocycles. The van der Waals surface area contributed by atoms with E-state index in [0.717, 1.165) is 16.9 Å². The number of nitrogens with one attached hydrogen (secondary N) is 1. The summed E-state index contributed by atoms with van der Waals surface area (Å²) in [5, 5.41) is 3.14. The molecule has 1 atom stereocenters. The van der Waals surface area contributed by atoms with Gasteiger partial charge in [0.1, 0.15) is 4.88 Å². The van der Waals surface area contributed by atoms with Crippen molar-refractivity contribution < 1.29 is 14.3 Å². The Morgan fingerprint density at radius 1 is 1.29 bits per heavy atom. The summed E-state index contributed by atoms with van der Waals surface area (Å²) in [5.74, 6) is -0.898. The number of ether oxygens (including phenoxy) is 1. The fourth-order valence-corrected chi connectivity index (χ4v) is 2.73. The predicted molar refractivity (Wildman–Crippen MR) is 81.7 cm³/mol. The second-order valence-corrected chi connectivity index (χ2v) is 5.55. The Hall–Kier alpha value is -2.21. The van der Waals surface area contributed by atoms with Crippen molar-refractivity contribution in [1.82, 2.24) is 4.98 Å². The van der Waals surface area contributed by atoms with Crippen molar-refractivity contribution >= 4 is 28.3 Å². The zero-order chi connectivity index (χ0) is 15.4. The lowest BCUT2D eigenvalue weighted by Crippen LogP contribution is -2.18. The quantitative estimate of drug-likeness (QED) is 0.882. The highest BCUT2D eigenvalue weighted by Crippen LogP contribution is 2.25. The summed E-state index contributed by atoms with van der Waals surface area (Å²) < 4.78 is 4.67. The largest absolute Gasteiger partial charge is 0.465 e. The molecule has 110 valence electrons. The van der Waals surface area contributed by atoms with Crippen LogP contribution in [0.5, 0.6) is 0 Å². The number of methoxy groups -OCH3 is 1. The van der Waals surface area contributed by atoms with Crippen LogP contribution < -0.4 is 5.32 Å². The number of thiazole rings is 1. The van der Waals surface area contributed by atoms with Crippen molar-refractivity contribution in [2.24, 2.45) is 0 Å². The number of esters is 1. The molecule has 1 amide bonds. The molecular weight excluding hydrogens is 288 g/mol. The highest BCUT2D eigenvalue weighted by Gasteiger charge is 2.20. The molecule has 2 rings (SSSR count). The van der Waals surface area contributed by atoms with Crippen LogP contribution >= 0.6 is 11.3 Å². The lowest BCUT2D eigenvalue weighted by Gasteiger charge is -2.10. The molecule has 21 heavy (non-hydrogen) atoms. The van der Waals surface area contributed by atoms with E-state index in [1.165, 1.54) is 7.11 Å². The Kier molecular flexibility index (Phi) is 4.70. The van der Waals surface area contributed by atoms with Crippen molar-refractivity contribution in [3.8, 4) is 0 Å². The maximum Gasteiger partial charge on any atom is 0.350 e. The molecule has 0 spiro atoms. The number of rotatable bonds is 4. The van der Waals surface area contributed by atoms with Gasteiger partial charge in [-0.15, -0.1) is 0 Å². The number of carbonyl (C=O) groups excluding carboxylic acids is 2. The van der Waals surface area contributed by atoms with Gasteiger partial charge >= 0.3 is 5.97 Å². The van der Waals surface area contributed by atoms with Gasteiger partial charge in [-0.1, -0.05) is 41.7 Å². The third-order valence-electron chi connectivity index (χ3n) is 3.09. The van der Waals surface area contributed by atoms with E-state index in [1.807, 2.05) is 37.3 Å². The summed E-state index contributed by atoms with van der Waals surface area (Å²) in [6, 6.07) is 9.49. The molecule has 0 radical (unpaired) electrons. The Bertz CT molecular complexity index is 652. The highest BCUT2D eigenvalue weighted by molar-refractivity contribution is 7.17. The van der Waals surface area contributed by atoms with E-state index in [2.05, 4.69) is 15.0 Å². The van der Waals surface area contributed by atoms with Crippen molar-refractivity contribution in [2.45, 2.75) is 19.8 Å². The highest BCUT2D eigenvalue weighted by atomic mass is 32.1. The topological polar surface area (TPSA) is 68.3 Å². The molecule has 2 aromatic rings. The normalized spacial score (nSPS) is 11.8. The Morgan fingerprint density at radius 3 is 2.57 bits per heavy atom. The van der Waals surface area contributed by atoms with E-state index >= 15 is 0 Å². The van der Waals surface area contributed by atoms with Gasteiger partial charge < -0.3 is 10.1 Å². The van der Waals surface area contributed by atoms with Crippen LogP contribution in [0.2, 0.25) is 0 Å². The summed E-state index contributed by atoms with van der Waals surface area (Å²) in [6.45, 7) is 3.53. The third-order valence-corrected chi connectivity index (χ3v) is 4.14. The number of benzene rings is 1. The van der Waals surface area contributed by atoms with Crippen LogP contribution in [0.25, 0.3) is 0 Å². The van der Waals surface area contributed by atoms with Crippen LogP contribution in [-0.2, 0) is 9.53 Å². The maximum absolute atomic E-state index is 12.2. The molecular formula is C15H16N2O3S. The summed E-state index contributed by atoms with van der Waals surface area (Å²) in [7, 11) is 1.32. The molecule has 0 aliphatic carbocycles. The van der Waals surface area contributed by atoms with E-state index in [0.29, 0.717) is 15.7 Å². The van der Waals surface area contributed by atoms with E-state index in [1.54, 1.807) is 6.92 Å². The van der Waals surface area contributed by atoms with E-state index in [9.17, 15) is 9.59 Å². The van der Waals surface area contributed by atoms with Crippen molar-refractivity contribution in [3.05, 3.63) is 46.5 Å². The summed E-state index contributed by atoms with van der Waals surface area (Å²) in [6.07, 6.45) is 0. The smallest absolute Gasteiger partial charge is 0.350 e. The zero-order valence-corrected chi connectivity index (χ0v) is 12.9. The van der Waals surface area contributed by atoms with Crippen LogP contribution in [0.3, 0.4) is 0 Å². The Labute approximate surface area is 127 Å². The monoisotopic (exact) mass is 304 g/mol. The number of aromatic nitrogens is 1. The predicted octanol–water partition coefficient (Wildman–Crippen LogP) is 2.98. The van der Waals surface area contributed by atoms with Gasteiger partial charge in [-0.25, -0.2) is 9.78 Å². The first-order valence-electron chi connectivity index (χ1n) is 6.44. The molecule has 0 aliphatic rings. The van der Waals surface area contributed by atoms with Gasteiger partial charge in [-0.3, -0.25) is 4.79 Å². The van der Waals surface area contributed by atoms with Gasteiger partial charge in [0.05, 0.1) is 18.7 Å². The maximum atomic E-state index is 12.2. The minimum Gasteiger partial charge on any atom is -0.465 e. The van der Waals surface area contributed by atoms with Crippen molar-refractivity contribution in [2.75, 3.05) is 12.4 Å². The molecule has 0 aliphatic heterocycles. The average molecular weight is 304 g/mol. The number of hydrogen-bond donors (Lipinski definition) is 1. The van der Waals surface area contributed by atoms with Gasteiger partial charge in [-0.2, -0.15) is 0 Å². The fourth-order valence-electron chi connectivity index (χ4n) is 1.84. The average Bonchev–Trinajstić information content (AvgIpc) is 2.87. The summed E-state index contributed by atoms with van der Waals surface area (Å²) in [4.78, 5) is 28.3.